The third-order valence-electron chi connectivity index (χ3n) is 5.25. The molecule has 0 unspecified atom stereocenters. The first kappa shape index (κ1) is 19.9. The van der Waals surface area contributed by atoms with E-state index in [1.165, 1.54) is 0 Å². The highest BCUT2D eigenvalue weighted by Gasteiger charge is 2.37. The van der Waals surface area contributed by atoms with Gasteiger partial charge in [-0.1, -0.05) is 23.2 Å². The molecule has 1 aromatic carbocycles. The quantitative estimate of drug-likeness (QED) is 0.781. The van der Waals surface area contributed by atoms with Crippen LogP contribution >= 0.6 is 23.2 Å². The van der Waals surface area contributed by atoms with Crippen LogP contribution in [-0.2, 0) is 9.59 Å². The average molecular weight is 409 g/mol. The lowest BCUT2D eigenvalue weighted by atomic mass is 10.00. The number of hydrogen-bond donors (Lipinski definition) is 2. The van der Waals surface area contributed by atoms with E-state index in [-0.39, 0.29) is 18.4 Å². The molecule has 1 aliphatic heterocycles. The number of amides is 2. The zero-order chi connectivity index (χ0) is 19.4. The van der Waals surface area contributed by atoms with Crippen molar-refractivity contribution >= 4 is 40.7 Å². The van der Waals surface area contributed by atoms with Crippen LogP contribution in [-0.4, -0.2) is 41.4 Å². The molecule has 1 heterocycles. The molecule has 0 bridgehead atoms. The second-order valence-corrected chi connectivity index (χ2v) is 8.03. The average Bonchev–Trinajstić information content (AvgIpc) is 3.28. The Morgan fingerprint density at radius 2 is 2.00 bits per heavy atom. The first-order valence-electron chi connectivity index (χ1n) is 9.15. The van der Waals surface area contributed by atoms with Crippen LogP contribution < -0.4 is 10.6 Å². The number of nitrogens with one attached hydrogen (secondary N) is 2. The molecule has 3 rings (SSSR count). The van der Waals surface area contributed by atoms with Gasteiger partial charge in [0, 0.05) is 5.02 Å². The minimum atomic E-state index is -0.747. The Balaban J connectivity index is 1.61. The molecule has 2 amide bonds. The molecular formula is C19H22Cl2N4O2. The highest BCUT2D eigenvalue weighted by Crippen LogP contribution is 2.29. The van der Waals surface area contributed by atoms with E-state index in [1.807, 2.05) is 4.90 Å². The van der Waals surface area contributed by atoms with Gasteiger partial charge in [-0.15, -0.1) is 0 Å². The molecule has 8 heteroatoms. The van der Waals surface area contributed by atoms with E-state index in [0.29, 0.717) is 41.5 Å². The summed E-state index contributed by atoms with van der Waals surface area (Å²) >= 11 is 12.1. The van der Waals surface area contributed by atoms with Gasteiger partial charge in [0.2, 0.25) is 11.8 Å². The first-order chi connectivity index (χ1) is 12.9. The Morgan fingerprint density at radius 3 is 2.70 bits per heavy atom. The van der Waals surface area contributed by atoms with Crippen molar-refractivity contribution in [3.8, 4) is 6.07 Å². The van der Waals surface area contributed by atoms with Crippen LogP contribution in [0.3, 0.4) is 0 Å². The van der Waals surface area contributed by atoms with Crippen molar-refractivity contribution in [1.82, 2.24) is 10.2 Å². The zero-order valence-corrected chi connectivity index (χ0v) is 16.4. The number of rotatable bonds is 5. The van der Waals surface area contributed by atoms with Crippen molar-refractivity contribution in [3.05, 3.63) is 28.2 Å². The third kappa shape index (κ3) is 4.73. The summed E-state index contributed by atoms with van der Waals surface area (Å²) in [5.41, 5.74) is -0.289. The third-order valence-corrected chi connectivity index (χ3v) is 5.81. The van der Waals surface area contributed by atoms with Crippen molar-refractivity contribution in [1.29, 1.82) is 5.26 Å². The van der Waals surface area contributed by atoms with E-state index in [4.69, 9.17) is 23.2 Å². The summed E-state index contributed by atoms with van der Waals surface area (Å²) < 4.78 is 0. The fourth-order valence-electron chi connectivity index (χ4n) is 3.86. The molecule has 1 atom stereocenters. The number of anilines is 1. The lowest BCUT2D eigenvalue weighted by Crippen LogP contribution is -2.51. The fourth-order valence-corrected chi connectivity index (χ4v) is 4.19. The lowest BCUT2D eigenvalue weighted by Gasteiger charge is -2.26. The van der Waals surface area contributed by atoms with Crippen molar-refractivity contribution in [3.63, 3.8) is 0 Å². The normalized spacial score (nSPS) is 21.6. The molecule has 1 saturated heterocycles. The molecule has 144 valence electrons. The minimum Gasteiger partial charge on any atom is -0.337 e. The van der Waals surface area contributed by atoms with Crippen LogP contribution in [0.2, 0.25) is 10.0 Å². The molecule has 0 aromatic heterocycles. The number of hydrogen-bond acceptors (Lipinski definition) is 4. The van der Waals surface area contributed by atoms with Crippen molar-refractivity contribution in [2.24, 2.45) is 0 Å². The molecule has 0 radical (unpaired) electrons. The Kier molecular flexibility index (Phi) is 6.25. The highest BCUT2D eigenvalue weighted by molar-refractivity contribution is 6.35. The molecule has 27 heavy (non-hydrogen) atoms. The molecule has 0 spiro atoms. The smallest absolute Gasteiger partial charge is 0.241 e. The maximum absolute atomic E-state index is 12.7. The Labute approximate surface area is 168 Å². The number of nitriles is 1. The van der Waals surface area contributed by atoms with Gasteiger partial charge >= 0.3 is 0 Å². The van der Waals surface area contributed by atoms with Crippen molar-refractivity contribution < 1.29 is 9.59 Å². The second kappa shape index (κ2) is 8.47. The monoisotopic (exact) mass is 408 g/mol. The van der Waals surface area contributed by atoms with Crippen LogP contribution in [0.1, 0.15) is 38.5 Å². The number of carbonyl (C=O) groups excluding carboxylic acids is 2. The van der Waals surface area contributed by atoms with Gasteiger partial charge < -0.3 is 10.6 Å². The highest BCUT2D eigenvalue weighted by atomic mass is 35.5. The van der Waals surface area contributed by atoms with Crippen molar-refractivity contribution in [2.75, 3.05) is 18.4 Å². The van der Waals surface area contributed by atoms with Crippen LogP contribution in [0.15, 0.2) is 18.2 Å². The fraction of sp³-hybridized carbons (Fsp3) is 0.526. The summed E-state index contributed by atoms with van der Waals surface area (Å²) in [6.45, 7) is 0.763. The van der Waals surface area contributed by atoms with Gasteiger partial charge in [-0.3, -0.25) is 14.5 Å². The maximum atomic E-state index is 12.7. The Bertz CT molecular complexity index is 771. The van der Waals surface area contributed by atoms with Gasteiger partial charge in [0.05, 0.1) is 29.4 Å². The van der Waals surface area contributed by atoms with E-state index >= 15 is 0 Å². The summed E-state index contributed by atoms with van der Waals surface area (Å²) in [7, 11) is 0. The van der Waals surface area contributed by atoms with Gasteiger partial charge in [-0.25, -0.2) is 0 Å². The predicted molar refractivity (Wildman–Crippen MR) is 105 cm³/mol. The Hall–Kier alpha value is -1.81. The molecule has 2 fully saturated rings. The molecular weight excluding hydrogens is 387 g/mol. The summed E-state index contributed by atoms with van der Waals surface area (Å²) in [4.78, 5) is 27.0. The molecule has 6 nitrogen and oxygen atoms in total. The van der Waals surface area contributed by atoms with Crippen LogP contribution in [0.4, 0.5) is 5.69 Å². The summed E-state index contributed by atoms with van der Waals surface area (Å²) in [5, 5.41) is 16.0. The summed E-state index contributed by atoms with van der Waals surface area (Å²) in [6, 6.07) is 6.73. The van der Waals surface area contributed by atoms with Gasteiger partial charge in [-0.2, -0.15) is 5.26 Å². The number of benzene rings is 1. The minimum absolute atomic E-state index is 0.102. The molecule has 1 aromatic rings. The summed E-state index contributed by atoms with van der Waals surface area (Å²) in [5.74, 6) is -0.417. The number of carbonyl (C=O) groups is 2. The molecule has 2 aliphatic rings. The number of nitrogens with zero attached hydrogens (tertiary/aromatic N) is 2. The standard InChI is InChI=1S/C19H22Cl2N4O2/c20-13-5-6-14(21)15(10-13)23-18(27)16-4-3-9-25(16)11-17(26)24-19(12-22)7-1-2-8-19/h5-6,10,16H,1-4,7-9,11H2,(H,23,27)(H,24,26)/t16-/m1/s1. The van der Waals surface area contributed by atoms with E-state index < -0.39 is 11.6 Å². The van der Waals surface area contributed by atoms with Gasteiger partial charge in [0.1, 0.15) is 5.54 Å². The molecule has 1 saturated carbocycles. The number of likely N-dealkylation sites (tertiary alicyclic amines) is 1. The zero-order valence-electron chi connectivity index (χ0n) is 14.9. The van der Waals surface area contributed by atoms with Gasteiger partial charge in [0.15, 0.2) is 0 Å². The van der Waals surface area contributed by atoms with Gasteiger partial charge in [0.25, 0.3) is 0 Å². The Morgan fingerprint density at radius 1 is 1.26 bits per heavy atom. The van der Waals surface area contributed by atoms with Crippen LogP contribution in [0, 0.1) is 11.3 Å². The maximum Gasteiger partial charge on any atom is 0.241 e. The van der Waals surface area contributed by atoms with E-state index in [2.05, 4.69) is 16.7 Å². The first-order valence-corrected chi connectivity index (χ1v) is 9.90. The summed E-state index contributed by atoms with van der Waals surface area (Å²) in [6.07, 6.45) is 4.77. The van der Waals surface area contributed by atoms with Gasteiger partial charge in [-0.05, 0) is 63.3 Å². The van der Waals surface area contributed by atoms with E-state index in [0.717, 1.165) is 19.3 Å². The van der Waals surface area contributed by atoms with Crippen LogP contribution in [0.25, 0.3) is 0 Å². The van der Waals surface area contributed by atoms with Crippen molar-refractivity contribution in [2.45, 2.75) is 50.1 Å². The van der Waals surface area contributed by atoms with E-state index in [9.17, 15) is 14.9 Å². The molecule has 1 aliphatic carbocycles. The van der Waals surface area contributed by atoms with E-state index in [1.54, 1.807) is 18.2 Å². The largest absolute Gasteiger partial charge is 0.337 e. The lowest BCUT2D eigenvalue weighted by molar-refractivity contribution is -0.125. The predicted octanol–water partition coefficient (Wildman–Crippen LogP) is 3.35. The van der Waals surface area contributed by atoms with Crippen LogP contribution in [0.5, 0.6) is 0 Å². The number of halogens is 2. The molecule has 2 N–H and O–H groups in total. The second-order valence-electron chi connectivity index (χ2n) is 7.19. The SMILES string of the molecule is N#CC1(NC(=O)CN2CCC[C@@H]2C(=O)Nc2cc(Cl)ccc2Cl)CCCC1. The topological polar surface area (TPSA) is 85.2 Å².